The molecular weight excluding hydrogens is 474 g/mol. The minimum atomic E-state index is -0.132. The van der Waals surface area contributed by atoms with Crippen LogP contribution in [0.5, 0.6) is 11.5 Å². The topological polar surface area (TPSA) is 65.4 Å². The van der Waals surface area contributed by atoms with E-state index in [0.29, 0.717) is 25.5 Å². The number of rotatable bonds is 13. The Bertz CT molecular complexity index is 1360. The fraction of sp³-hybridized carbons (Fsp3) is 0.375. The molecule has 0 aliphatic heterocycles. The number of aryl methyl sites for hydroxylation is 3. The third-order valence-electron chi connectivity index (χ3n) is 6.68. The summed E-state index contributed by atoms with van der Waals surface area (Å²) in [6, 6.07) is 22.5. The van der Waals surface area contributed by atoms with Crippen LogP contribution < -0.4 is 14.8 Å². The number of benzene rings is 3. The highest BCUT2D eigenvalue weighted by Gasteiger charge is 2.12. The molecule has 1 N–H and O–H groups in total. The highest BCUT2D eigenvalue weighted by Crippen LogP contribution is 2.26. The highest BCUT2D eigenvalue weighted by atomic mass is 16.5. The lowest BCUT2D eigenvalue weighted by Gasteiger charge is -2.14. The molecule has 200 valence electrons. The first-order valence-corrected chi connectivity index (χ1v) is 13.5. The molecule has 4 aromatic rings. The number of hydrogen-bond donors (Lipinski definition) is 1. The van der Waals surface area contributed by atoms with Crippen LogP contribution in [0.15, 0.2) is 66.7 Å². The normalized spacial score (nSPS) is 11.2. The van der Waals surface area contributed by atoms with Gasteiger partial charge in [0.2, 0.25) is 0 Å². The number of imidazole rings is 1. The minimum Gasteiger partial charge on any atom is -0.493 e. The van der Waals surface area contributed by atoms with E-state index in [4.69, 9.17) is 14.5 Å². The van der Waals surface area contributed by atoms with Gasteiger partial charge >= 0.3 is 0 Å². The molecule has 0 aliphatic rings. The zero-order chi connectivity index (χ0) is 26.9. The molecule has 4 rings (SSSR count). The summed E-state index contributed by atoms with van der Waals surface area (Å²) in [6.45, 7) is 10.4. The van der Waals surface area contributed by atoms with Gasteiger partial charge in [-0.2, -0.15) is 0 Å². The Kier molecular flexibility index (Phi) is 9.41. The number of nitrogens with zero attached hydrogens (tertiary/aromatic N) is 2. The maximum Gasteiger partial charge on any atom is 0.257 e. The highest BCUT2D eigenvalue weighted by molar-refractivity contribution is 5.78. The molecule has 0 aliphatic carbocycles. The van der Waals surface area contributed by atoms with Crippen molar-refractivity contribution < 1.29 is 14.3 Å². The second kappa shape index (κ2) is 13.1. The zero-order valence-corrected chi connectivity index (χ0v) is 23.0. The predicted octanol–water partition coefficient (Wildman–Crippen LogP) is 6.37. The van der Waals surface area contributed by atoms with Gasteiger partial charge in [0, 0.05) is 19.5 Å². The van der Waals surface area contributed by atoms with Crippen molar-refractivity contribution in [2.24, 2.45) is 0 Å². The van der Waals surface area contributed by atoms with Crippen LogP contribution in [0.25, 0.3) is 11.0 Å². The number of carbonyl (C=O) groups is 1. The molecule has 0 atom stereocenters. The fourth-order valence-electron chi connectivity index (χ4n) is 4.58. The van der Waals surface area contributed by atoms with Crippen molar-refractivity contribution in [3.63, 3.8) is 0 Å². The summed E-state index contributed by atoms with van der Waals surface area (Å²) in [5.74, 6) is 3.01. The number of aromatic nitrogens is 2. The first kappa shape index (κ1) is 27.2. The molecule has 1 heterocycles. The van der Waals surface area contributed by atoms with Crippen LogP contribution in [-0.2, 0) is 17.8 Å². The molecule has 38 heavy (non-hydrogen) atoms. The van der Waals surface area contributed by atoms with E-state index in [2.05, 4.69) is 48.0 Å². The lowest BCUT2D eigenvalue weighted by atomic mass is 10.0. The van der Waals surface area contributed by atoms with Gasteiger partial charge < -0.3 is 19.4 Å². The Balaban J connectivity index is 1.28. The largest absolute Gasteiger partial charge is 0.493 e. The minimum absolute atomic E-state index is 0.000642. The van der Waals surface area contributed by atoms with Crippen molar-refractivity contribution >= 4 is 16.9 Å². The number of carbonyl (C=O) groups excluding carboxylic acids is 1. The van der Waals surface area contributed by atoms with Gasteiger partial charge in [-0.15, -0.1) is 0 Å². The van der Waals surface area contributed by atoms with E-state index in [9.17, 15) is 4.79 Å². The zero-order valence-electron chi connectivity index (χ0n) is 23.0. The molecule has 0 saturated heterocycles. The van der Waals surface area contributed by atoms with Crippen molar-refractivity contribution in [1.82, 2.24) is 14.9 Å². The van der Waals surface area contributed by atoms with E-state index in [1.165, 1.54) is 5.56 Å². The van der Waals surface area contributed by atoms with E-state index in [1.807, 2.05) is 56.3 Å². The maximum absolute atomic E-state index is 12.4. The predicted molar refractivity (Wildman–Crippen MR) is 153 cm³/mol. The van der Waals surface area contributed by atoms with Crippen molar-refractivity contribution in [2.75, 3.05) is 19.8 Å². The van der Waals surface area contributed by atoms with Crippen LogP contribution in [0.2, 0.25) is 0 Å². The SMILES string of the molecule is Cc1ccc(C)c(OCC(=O)NCCc2nc3ccccc3n2CCCCOc2ccccc2C(C)C)c1. The Morgan fingerprint density at radius 3 is 2.58 bits per heavy atom. The van der Waals surface area contributed by atoms with Crippen LogP contribution in [0.4, 0.5) is 0 Å². The third kappa shape index (κ3) is 7.15. The molecule has 0 radical (unpaired) electrons. The number of fused-ring (bicyclic) bond motifs is 1. The summed E-state index contributed by atoms with van der Waals surface area (Å²) in [4.78, 5) is 17.3. The average Bonchev–Trinajstić information content (AvgIpc) is 3.26. The summed E-state index contributed by atoms with van der Waals surface area (Å²) >= 11 is 0. The molecular formula is C32H39N3O3. The molecule has 6 heteroatoms. The van der Waals surface area contributed by atoms with Gasteiger partial charge in [-0.05, 0) is 73.6 Å². The van der Waals surface area contributed by atoms with E-state index >= 15 is 0 Å². The fourth-order valence-corrected chi connectivity index (χ4v) is 4.58. The number of hydrogen-bond acceptors (Lipinski definition) is 4. The molecule has 0 spiro atoms. The Labute approximate surface area is 226 Å². The van der Waals surface area contributed by atoms with E-state index in [0.717, 1.165) is 58.9 Å². The number of unbranched alkanes of at least 4 members (excludes halogenated alkanes) is 1. The lowest BCUT2D eigenvalue weighted by molar-refractivity contribution is -0.123. The molecule has 1 aromatic heterocycles. The van der Waals surface area contributed by atoms with Crippen LogP contribution in [0.1, 0.15) is 55.1 Å². The number of para-hydroxylation sites is 3. The second-order valence-corrected chi connectivity index (χ2v) is 10.1. The molecule has 3 aromatic carbocycles. The number of ether oxygens (including phenoxy) is 2. The van der Waals surface area contributed by atoms with Crippen molar-refractivity contribution in [3.05, 3.63) is 89.2 Å². The summed E-state index contributed by atoms with van der Waals surface area (Å²) in [6.07, 6.45) is 2.58. The van der Waals surface area contributed by atoms with Crippen LogP contribution in [0.3, 0.4) is 0 Å². The number of nitrogens with one attached hydrogen (secondary N) is 1. The van der Waals surface area contributed by atoms with Gasteiger partial charge in [-0.1, -0.05) is 56.3 Å². The first-order valence-electron chi connectivity index (χ1n) is 13.5. The average molecular weight is 514 g/mol. The lowest BCUT2D eigenvalue weighted by Crippen LogP contribution is -2.31. The number of amides is 1. The third-order valence-corrected chi connectivity index (χ3v) is 6.68. The molecule has 6 nitrogen and oxygen atoms in total. The van der Waals surface area contributed by atoms with Crippen LogP contribution in [0, 0.1) is 13.8 Å². The van der Waals surface area contributed by atoms with Crippen LogP contribution >= 0.6 is 0 Å². The van der Waals surface area contributed by atoms with E-state index < -0.39 is 0 Å². The smallest absolute Gasteiger partial charge is 0.257 e. The maximum atomic E-state index is 12.4. The van der Waals surface area contributed by atoms with E-state index in [-0.39, 0.29) is 12.5 Å². The Hall–Kier alpha value is -3.80. The Morgan fingerprint density at radius 1 is 0.947 bits per heavy atom. The summed E-state index contributed by atoms with van der Waals surface area (Å²) < 4.78 is 14.1. The van der Waals surface area contributed by atoms with Gasteiger partial charge in [0.1, 0.15) is 17.3 Å². The molecule has 0 fully saturated rings. The van der Waals surface area contributed by atoms with E-state index in [1.54, 1.807) is 0 Å². The van der Waals surface area contributed by atoms with Gasteiger partial charge in [0.15, 0.2) is 6.61 Å². The van der Waals surface area contributed by atoms with Gasteiger partial charge in [0.25, 0.3) is 5.91 Å². The molecule has 0 saturated carbocycles. The molecule has 1 amide bonds. The molecule has 0 bridgehead atoms. The van der Waals surface area contributed by atoms with Gasteiger partial charge in [0.05, 0.1) is 17.6 Å². The summed E-state index contributed by atoms with van der Waals surface area (Å²) in [5.41, 5.74) is 5.48. The van der Waals surface area contributed by atoms with Gasteiger partial charge in [-0.25, -0.2) is 4.98 Å². The van der Waals surface area contributed by atoms with Gasteiger partial charge in [-0.3, -0.25) is 4.79 Å². The summed E-state index contributed by atoms with van der Waals surface area (Å²) in [5, 5.41) is 2.98. The second-order valence-electron chi connectivity index (χ2n) is 10.1. The van der Waals surface area contributed by atoms with Crippen LogP contribution in [-0.4, -0.2) is 35.2 Å². The quantitative estimate of drug-likeness (QED) is 0.211. The monoisotopic (exact) mass is 513 g/mol. The first-order chi connectivity index (χ1) is 18.4. The van der Waals surface area contributed by atoms with Crippen molar-refractivity contribution in [2.45, 2.75) is 59.4 Å². The molecule has 0 unspecified atom stereocenters. The van der Waals surface area contributed by atoms with Crippen molar-refractivity contribution in [1.29, 1.82) is 0 Å². The summed E-state index contributed by atoms with van der Waals surface area (Å²) in [7, 11) is 0. The Morgan fingerprint density at radius 2 is 1.74 bits per heavy atom. The standard InChI is InChI=1S/C32H39N3O3/c1-23(2)26-11-5-8-14-29(26)37-20-10-9-19-35-28-13-7-6-12-27(28)34-31(35)17-18-33-32(36)22-38-30-21-24(3)15-16-25(30)4/h5-8,11-16,21,23H,9-10,17-20,22H2,1-4H3,(H,33,36). The van der Waals surface area contributed by atoms with Crippen molar-refractivity contribution in [3.8, 4) is 11.5 Å².